The lowest BCUT2D eigenvalue weighted by atomic mass is 10.2. The average molecular weight is 462 g/mol. The van der Waals surface area contributed by atoms with E-state index in [-0.39, 0.29) is 16.0 Å². The molecule has 0 radical (unpaired) electrons. The fourth-order valence-corrected chi connectivity index (χ4v) is 4.92. The van der Waals surface area contributed by atoms with Gasteiger partial charge in [0.05, 0.1) is 19.1 Å². The number of nitrogens with one attached hydrogen (secondary N) is 2. The molecule has 0 saturated carbocycles. The monoisotopic (exact) mass is 461 g/mol. The molecule has 1 heterocycles. The standard InChI is InChI=1S/C22H27N3O6S/c1-30-18-13-17(14-19(15-18)31-2)22(27)24-23-21(26)16-7-9-20(10-8-16)32(28,29)25-11-5-3-4-6-12-25/h7-10,13-15H,3-6,11-12H2,1-2H3,(H,23,26)(H,24,27). The number of nitrogens with zero attached hydrogens (tertiary/aromatic N) is 1. The molecule has 1 aliphatic heterocycles. The molecule has 32 heavy (non-hydrogen) atoms. The van der Waals surface area contributed by atoms with Crippen molar-refractivity contribution in [1.29, 1.82) is 0 Å². The average Bonchev–Trinajstić information content (AvgIpc) is 3.12. The van der Waals surface area contributed by atoms with E-state index in [1.807, 2.05) is 0 Å². The van der Waals surface area contributed by atoms with E-state index in [4.69, 9.17) is 9.47 Å². The number of ether oxygens (including phenoxy) is 2. The fraction of sp³-hybridized carbons (Fsp3) is 0.364. The van der Waals surface area contributed by atoms with Crippen molar-refractivity contribution in [1.82, 2.24) is 15.2 Å². The highest BCUT2D eigenvalue weighted by Crippen LogP contribution is 2.23. The molecular weight excluding hydrogens is 434 g/mol. The minimum Gasteiger partial charge on any atom is -0.497 e. The van der Waals surface area contributed by atoms with E-state index < -0.39 is 21.8 Å². The van der Waals surface area contributed by atoms with Gasteiger partial charge in [-0.25, -0.2) is 8.42 Å². The summed E-state index contributed by atoms with van der Waals surface area (Å²) in [5.74, 6) is -0.271. The third-order valence-electron chi connectivity index (χ3n) is 5.22. The lowest BCUT2D eigenvalue weighted by molar-refractivity contribution is 0.0846. The van der Waals surface area contributed by atoms with E-state index in [1.165, 1.54) is 54.9 Å². The molecule has 1 saturated heterocycles. The van der Waals surface area contributed by atoms with Gasteiger partial charge in [-0.05, 0) is 49.2 Å². The Kier molecular flexibility index (Phi) is 7.70. The van der Waals surface area contributed by atoms with Crippen molar-refractivity contribution in [3.63, 3.8) is 0 Å². The largest absolute Gasteiger partial charge is 0.497 e. The Balaban J connectivity index is 1.64. The minimum absolute atomic E-state index is 0.142. The van der Waals surface area contributed by atoms with Gasteiger partial charge >= 0.3 is 0 Å². The van der Waals surface area contributed by atoms with Crippen LogP contribution < -0.4 is 20.3 Å². The van der Waals surface area contributed by atoms with Crippen LogP contribution in [-0.2, 0) is 10.0 Å². The first-order valence-electron chi connectivity index (χ1n) is 10.3. The van der Waals surface area contributed by atoms with Gasteiger partial charge in [0.1, 0.15) is 11.5 Å². The number of carbonyl (C=O) groups excluding carboxylic acids is 2. The van der Waals surface area contributed by atoms with Crippen LogP contribution in [0.2, 0.25) is 0 Å². The highest BCUT2D eigenvalue weighted by atomic mass is 32.2. The second-order valence-electron chi connectivity index (χ2n) is 7.35. The van der Waals surface area contributed by atoms with Crippen LogP contribution in [0.15, 0.2) is 47.4 Å². The molecular formula is C22H27N3O6S. The maximum atomic E-state index is 12.8. The number of sulfonamides is 1. The molecule has 1 aliphatic rings. The predicted octanol–water partition coefficient (Wildman–Crippen LogP) is 2.34. The van der Waals surface area contributed by atoms with Crippen LogP contribution in [0.3, 0.4) is 0 Å². The SMILES string of the molecule is COc1cc(OC)cc(C(=O)NNC(=O)c2ccc(S(=O)(=O)N3CCCCCC3)cc2)c1. The van der Waals surface area contributed by atoms with Gasteiger partial charge in [0.15, 0.2) is 0 Å². The van der Waals surface area contributed by atoms with Crippen LogP contribution in [0.1, 0.15) is 46.4 Å². The van der Waals surface area contributed by atoms with Crippen molar-refractivity contribution in [3.05, 3.63) is 53.6 Å². The van der Waals surface area contributed by atoms with Crippen molar-refractivity contribution in [2.45, 2.75) is 30.6 Å². The summed E-state index contributed by atoms with van der Waals surface area (Å²) in [5, 5.41) is 0. The Labute approximate surface area is 187 Å². The van der Waals surface area contributed by atoms with E-state index in [0.717, 1.165) is 25.7 Å². The summed E-state index contributed by atoms with van der Waals surface area (Å²) in [6, 6.07) is 10.3. The lowest BCUT2D eigenvalue weighted by Gasteiger charge is -2.20. The fourth-order valence-electron chi connectivity index (χ4n) is 3.41. The summed E-state index contributed by atoms with van der Waals surface area (Å²) >= 11 is 0. The maximum absolute atomic E-state index is 12.8. The Bertz CT molecular complexity index is 1040. The zero-order valence-corrected chi connectivity index (χ0v) is 18.9. The van der Waals surface area contributed by atoms with Gasteiger partial charge in [-0.2, -0.15) is 4.31 Å². The van der Waals surface area contributed by atoms with E-state index in [9.17, 15) is 18.0 Å². The summed E-state index contributed by atoms with van der Waals surface area (Å²) < 4.78 is 37.5. The number of methoxy groups -OCH3 is 2. The van der Waals surface area contributed by atoms with Gasteiger partial charge in [-0.1, -0.05) is 12.8 Å². The number of hydrogen-bond acceptors (Lipinski definition) is 6. The van der Waals surface area contributed by atoms with Gasteiger partial charge in [-0.15, -0.1) is 0 Å². The molecule has 0 atom stereocenters. The van der Waals surface area contributed by atoms with Gasteiger partial charge in [0, 0.05) is 30.3 Å². The highest BCUT2D eigenvalue weighted by molar-refractivity contribution is 7.89. The Morgan fingerprint density at radius 2 is 1.28 bits per heavy atom. The van der Waals surface area contributed by atoms with E-state index in [1.54, 1.807) is 6.07 Å². The first kappa shape index (κ1) is 23.6. The second-order valence-corrected chi connectivity index (χ2v) is 9.29. The van der Waals surface area contributed by atoms with Gasteiger partial charge in [0.2, 0.25) is 10.0 Å². The maximum Gasteiger partial charge on any atom is 0.269 e. The third kappa shape index (κ3) is 5.57. The van der Waals surface area contributed by atoms with Crippen molar-refractivity contribution in [3.8, 4) is 11.5 Å². The van der Waals surface area contributed by atoms with Crippen LogP contribution in [0.4, 0.5) is 0 Å². The highest BCUT2D eigenvalue weighted by Gasteiger charge is 2.25. The van der Waals surface area contributed by atoms with Crippen LogP contribution in [0.25, 0.3) is 0 Å². The number of rotatable bonds is 6. The summed E-state index contributed by atoms with van der Waals surface area (Å²) in [6.07, 6.45) is 3.75. The number of hydrogen-bond donors (Lipinski definition) is 2. The van der Waals surface area contributed by atoms with Crippen LogP contribution in [0.5, 0.6) is 11.5 Å². The van der Waals surface area contributed by atoms with E-state index in [2.05, 4.69) is 10.9 Å². The van der Waals surface area contributed by atoms with Crippen LogP contribution in [0, 0.1) is 0 Å². The molecule has 2 N–H and O–H groups in total. The predicted molar refractivity (Wildman–Crippen MR) is 118 cm³/mol. The molecule has 10 heteroatoms. The molecule has 172 valence electrons. The van der Waals surface area contributed by atoms with Crippen molar-refractivity contribution < 1.29 is 27.5 Å². The number of carbonyl (C=O) groups is 2. The smallest absolute Gasteiger partial charge is 0.269 e. The molecule has 0 spiro atoms. The minimum atomic E-state index is -3.59. The summed E-state index contributed by atoms with van der Waals surface area (Å²) in [4.78, 5) is 24.9. The Hall–Kier alpha value is -3.11. The number of hydrazine groups is 1. The van der Waals surface area contributed by atoms with Crippen molar-refractivity contribution in [2.75, 3.05) is 27.3 Å². The summed E-state index contributed by atoms with van der Waals surface area (Å²) in [7, 11) is -0.660. The van der Waals surface area contributed by atoms with Crippen molar-refractivity contribution in [2.24, 2.45) is 0 Å². The normalized spacial score (nSPS) is 14.8. The molecule has 2 aromatic carbocycles. The topological polar surface area (TPSA) is 114 Å². The molecule has 0 aromatic heterocycles. The third-order valence-corrected chi connectivity index (χ3v) is 7.14. The summed E-state index contributed by atoms with van der Waals surface area (Å²) in [5.41, 5.74) is 5.10. The molecule has 0 bridgehead atoms. The number of amides is 2. The molecule has 9 nitrogen and oxygen atoms in total. The molecule has 0 aliphatic carbocycles. The number of benzene rings is 2. The molecule has 0 unspecified atom stereocenters. The zero-order chi connectivity index (χ0) is 23.1. The van der Waals surface area contributed by atoms with Gasteiger partial charge < -0.3 is 9.47 Å². The summed E-state index contributed by atoms with van der Waals surface area (Å²) in [6.45, 7) is 1.01. The van der Waals surface area contributed by atoms with E-state index >= 15 is 0 Å². The molecule has 2 amide bonds. The zero-order valence-electron chi connectivity index (χ0n) is 18.1. The quantitative estimate of drug-likeness (QED) is 0.639. The van der Waals surface area contributed by atoms with Crippen LogP contribution in [-0.4, -0.2) is 51.8 Å². The first-order valence-corrected chi connectivity index (χ1v) is 11.7. The van der Waals surface area contributed by atoms with Crippen LogP contribution >= 0.6 is 0 Å². The Morgan fingerprint density at radius 3 is 1.78 bits per heavy atom. The van der Waals surface area contributed by atoms with Gasteiger partial charge in [-0.3, -0.25) is 20.4 Å². The molecule has 1 fully saturated rings. The lowest BCUT2D eigenvalue weighted by Crippen LogP contribution is -2.41. The Morgan fingerprint density at radius 1 is 0.781 bits per heavy atom. The first-order chi connectivity index (χ1) is 15.3. The van der Waals surface area contributed by atoms with E-state index in [0.29, 0.717) is 24.6 Å². The van der Waals surface area contributed by atoms with Gasteiger partial charge in [0.25, 0.3) is 11.8 Å². The van der Waals surface area contributed by atoms with Crippen molar-refractivity contribution >= 4 is 21.8 Å². The molecule has 2 aromatic rings. The second kappa shape index (κ2) is 10.5. The molecule has 3 rings (SSSR count).